The smallest absolute Gasteiger partial charge is 0.331 e. The first kappa shape index (κ1) is 21.1. The van der Waals surface area contributed by atoms with Crippen molar-refractivity contribution in [1.29, 1.82) is 0 Å². The molecule has 0 saturated carbocycles. The molecule has 0 heterocycles. The Balaban J connectivity index is 3.13. The van der Waals surface area contributed by atoms with E-state index in [1.165, 1.54) is 20.4 Å². The maximum absolute atomic E-state index is 12.3. The van der Waals surface area contributed by atoms with E-state index in [0.717, 1.165) is 0 Å². The molecule has 0 amide bonds. The van der Waals surface area contributed by atoms with Crippen molar-refractivity contribution in [2.75, 3.05) is 27.9 Å². The van der Waals surface area contributed by atoms with Gasteiger partial charge in [0.1, 0.15) is 11.7 Å². The number of rotatable bonds is 9. The fourth-order valence-corrected chi connectivity index (χ4v) is 2.15. The van der Waals surface area contributed by atoms with Crippen LogP contribution in [0, 0.1) is 5.92 Å². The van der Waals surface area contributed by atoms with E-state index in [4.69, 9.17) is 14.2 Å². The Morgan fingerprint density at radius 2 is 1.69 bits per heavy atom. The summed E-state index contributed by atoms with van der Waals surface area (Å²) in [6.07, 6.45) is 1.07. The van der Waals surface area contributed by atoms with E-state index in [9.17, 15) is 14.4 Å². The molecule has 1 rings (SSSR count). The highest BCUT2D eigenvalue weighted by Gasteiger charge is 2.37. The van der Waals surface area contributed by atoms with Crippen LogP contribution in [0.1, 0.15) is 18.9 Å². The number of benzene rings is 1. The Morgan fingerprint density at radius 1 is 1.04 bits per heavy atom. The lowest BCUT2D eigenvalue weighted by Crippen LogP contribution is -2.37. The highest BCUT2D eigenvalue weighted by atomic mass is 16.5. The molecule has 0 bridgehead atoms. The summed E-state index contributed by atoms with van der Waals surface area (Å²) in [4.78, 5) is 40.2. The first-order valence-electron chi connectivity index (χ1n) is 7.95. The zero-order chi connectivity index (χ0) is 19.5. The summed E-state index contributed by atoms with van der Waals surface area (Å²) in [6, 6.07) is 5.69. The van der Waals surface area contributed by atoms with Crippen molar-refractivity contribution in [2.24, 2.45) is 10.9 Å². The number of nitrogens with zero attached hydrogens (tertiary/aromatic N) is 1. The number of hydrogen-bond donors (Lipinski definition) is 0. The van der Waals surface area contributed by atoms with Crippen LogP contribution in [0.3, 0.4) is 0 Å². The van der Waals surface area contributed by atoms with Gasteiger partial charge < -0.3 is 18.9 Å². The van der Waals surface area contributed by atoms with Crippen LogP contribution in [-0.4, -0.2) is 58.1 Å². The molecule has 2 unspecified atom stereocenters. The molecule has 8 nitrogen and oxygen atoms in total. The largest absolute Gasteiger partial charge is 0.497 e. The number of ether oxygens (including phenoxy) is 4. The normalized spacial score (nSPS) is 12.9. The fourth-order valence-electron chi connectivity index (χ4n) is 2.15. The quantitative estimate of drug-likeness (QED) is 0.370. The minimum atomic E-state index is -1.23. The van der Waals surface area contributed by atoms with Gasteiger partial charge in [0, 0.05) is 6.21 Å². The summed E-state index contributed by atoms with van der Waals surface area (Å²) < 4.78 is 19.4. The summed E-state index contributed by atoms with van der Waals surface area (Å²) >= 11 is 0. The average molecular weight is 365 g/mol. The van der Waals surface area contributed by atoms with Gasteiger partial charge in [-0.2, -0.15) is 0 Å². The van der Waals surface area contributed by atoms with E-state index in [1.807, 2.05) is 0 Å². The molecule has 0 fully saturated rings. The maximum Gasteiger partial charge on any atom is 0.331 e. The molecule has 0 spiro atoms. The van der Waals surface area contributed by atoms with Gasteiger partial charge in [-0.05, 0) is 36.8 Å². The lowest BCUT2D eigenvalue weighted by Gasteiger charge is -2.19. The van der Waals surface area contributed by atoms with E-state index in [2.05, 4.69) is 9.73 Å². The fraction of sp³-hybridized carbons (Fsp3) is 0.444. The van der Waals surface area contributed by atoms with Gasteiger partial charge in [0.15, 0.2) is 6.04 Å². The maximum atomic E-state index is 12.3. The van der Waals surface area contributed by atoms with E-state index >= 15 is 0 Å². The van der Waals surface area contributed by atoms with E-state index in [0.29, 0.717) is 11.3 Å². The van der Waals surface area contributed by atoms with E-state index in [-0.39, 0.29) is 13.0 Å². The molecular weight excluding hydrogens is 342 g/mol. The van der Waals surface area contributed by atoms with E-state index in [1.54, 1.807) is 38.3 Å². The van der Waals surface area contributed by atoms with E-state index < -0.39 is 29.9 Å². The van der Waals surface area contributed by atoms with Crippen LogP contribution in [0.15, 0.2) is 29.3 Å². The Labute approximate surface area is 152 Å². The van der Waals surface area contributed by atoms with Crippen molar-refractivity contribution in [3.63, 3.8) is 0 Å². The molecule has 142 valence electrons. The third-order valence-electron chi connectivity index (χ3n) is 3.53. The number of hydrogen-bond acceptors (Lipinski definition) is 8. The van der Waals surface area contributed by atoms with Crippen LogP contribution in [-0.2, 0) is 28.6 Å². The molecule has 0 radical (unpaired) electrons. The molecule has 0 aliphatic rings. The van der Waals surface area contributed by atoms with Crippen molar-refractivity contribution in [3.05, 3.63) is 29.8 Å². The molecule has 1 aromatic rings. The summed E-state index contributed by atoms with van der Waals surface area (Å²) in [5.74, 6) is -2.62. The third-order valence-corrected chi connectivity index (χ3v) is 3.53. The molecule has 8 heteroatoms. The second-order valence-electron chi connectivity index (χ2n) is 5.16. The van der Waals surface area contributed by atoms with Crippen LogP contribution < -0.4 is 4.74 Å². The van der Waals surface area contributed by atoms with Crippen LogP contribution in [0.5, 0.6) is 5.75 Å². The predicted molar refractivity (Wildman–Crippen MR) is 93.1 cm³/mol. The molecular formula is C18H23NO7. The predicted octanol–water partition coefficient (Wildman–Crippen LogP) is 1.40. The number of carbonyl (C=O) groups excluding carboxylic acids is 3. The zero-order valence-electron chi connectivity index (χ0n) is 15.3. The first-order chi connectivity index (χ1) is 12.5. The molecule has 0 aliphatic carbocycles. The Bertz CT molecular complexity index is 639. The van der Waals surface area contributed by atoms with Crippen LogP contribution >= 0.6 is 0 Å². The van der Waals surface area contributed by atoms with Crippen LogP contribution in [0.2, 0.25) is 0 Å². The van der Waals surface area contributed by atoms with Crippen molar-refractivity contribution in [3.8, 4) is 5.75 Å². The molecule has 26 heavy (non-hydrogen) atoms. The van der Waals surface area contributed by atoms with Crippen molar-refractivity contribution >= 4 is 24.1 Å². The SMILES string of the molecule is CCOC(=O)C(N=Cc1ccc(OC)cc1)C(CC(=O)OC)C(=O)OC. The first-order valence-corrected chi connectivity index (χ1v) is 7.95. The number of carbonyl (C=O) groups is 3. The standard InChI is InChI=1S/C18H23NO7/c1-5-26-18(22)16(14(17(21)25-4)10-15(20)24-3)19-11-12-6-8-13(23-2)9-7-12/h6-9,11,14,16H,5,10H2,1-4H3. The van der Waals surface area contributed by atoms with Gasteiger partial charge in [0.2, 0.25) is 0 Å². The molecule has 0 aromatic heterocycles. The highest BCUT2D eigenvalue weighted by Crippen LogP contribution is 2.18. The highest BCUT2D eigenvalue weighted by molar-refractivity contribution is 5.90. The molecule has 2 atom stereocenters. The lowest BCUT2D eigenvalue weighted by atomic mass is 9.96. The third kappa shape index (κ3) is 6.19. The molecule has 0 N–H and O–H groups in total. The van der Waals surface area contributed by atoms with Gasteiger partial charge in [0.05, 0.1) is 34.4 Å². The van der Waals surface area contributed by atoms with Crippen molar-refractivity contribution in [1.82, 2.24) is 0 Å². The van der Waals surface area contributed by atoms with Gasteiger partial charge in [0.25, 0.3) is 0 Å². The molecule has 0 aliphatic heterocycles. The minimum Gasteiger partial charge on any atom is -0.497 e. The second-order valence-corrected chi connectivity index (χ2v) is 5.16. The number of esters is 3. The monoisotopic (exact) mass is 365 g/mol. The van der Waals surface area contributed by atoms with Gasteiger partial charge in [-0.25, -0.2) is 4.79 Å². The van der Waals surface area contributed by atoms with Gasteiger partial charge in [-0.1, -0.05) is 0 Å². The topological polar surface area (TPSA) is 100 Å². The summed E-state index contributed by atoms with van der Waals surface area (Å²) in [5.41, 5.74) is 0.682. The van der Waals surface area contributed by atoms with Gasteiger partial charge in [-0.3, -0.25) is 14.6 Å². The van der Waals surface area contributed by atoms with Crippen molar-refractivity contribution in [2.45, 2.75) is 19.4 Å². The summed E-state index contributed by atoms with van der Waals surface area (Å²) in [7, 11) is 3.91. The average Bonchev–Trinajstić information content (AvgIpc) is 2.67. The van der Waals surface area contributed by atoms with Crippen LogP contribution in [0.4, 0.5) is 0 Å². The summed E-state index contributed by atoms with van der Waals surface area (Å²) in [5, 5.41) is 0. The number of aliphatic imine (C=N–C) groups is 1. The summed E-state index contributed by atoms with van der Waals surface area (Å²) in [6.45, 7) is 1.75. The minimum absolute atomic E-state index is 0.111. The Hall–Kier alpha value is -2.90. The lowest BCUT2D eigenvalue weighted by molar-refractivity contribution is -0.158. The Kier molecular flexibility index (Phi) is 8.83. The van der Waals surface area contributed by atoms with Crippen LogP contribution in [0.25, 0.3) is 0 Å². The molecule has 1 aromatic carbocycles. The number of methoxy groups -OCH3 is 3. The van der Waals surface area contributed by atoms with Gasteiger partial charge in [-0.15, -0.1) is 0 Å². The molecule has 0 saturated heterocycles. The zero-order valence-corrected chi connectivity index (χ0v) is 15.3. The Morgan fingerprint density at radius 3 is 2.19 bits per heavy atom. The second kappa shape index (κ2) is 10.9. The van der Waals surface area contributed by atoms with Gasteiger partial charge >= 0.3 is 17.9 Å². The van der Waals surface area contributed by atoms with Crippen molar-refractivity contribution < 1.29 is 33.3 Å².